The van der Waals surface area contributed by atoms with E-state index in [-0.39, 0.29) is 72.7 Å². The zero-order chi connectivity index (χ0) is 13.1. The number of ether oxygens (including phenoxy) is 2. The van der Waals surface area contributed by atoms with E-state index in [4.69, 9.17) is 0 Å². The van der Waals surface area contributed by atoms with Crippen molar-refractivity contribution >= 4 is 35.0 Å². The third kappa shape index (κ3) is 14.9. The number of carbonyl (C=O) groups excluding carboxylic acids is 2. The van der Waals surface area contributed by atoms with E-state index in [1.54, 1.807) is 6.92 Å². The predicted octanol–water partition coefficient (Wildman–Crippen LogP) is -4.97. The zero-order valence-electron chi connectivity index (χ0n) is 11.5. The summed E-state index contributed by atoms with van der Waals surface area (Å²) in [7, 11) is 0. The molecule has 0 aliphatic carbocycles. The van der Waals surface area contributed by atoms with E-state index in [9.17, 15) is 19.8 Å². The normalized spacial score (nSPS) is 10.8. The Balaban J connectivity index is -0.000000124. The third-order valence-electron chi connectivity index (χ3n) is 1.31. The Kier molecular flexibility index (Phi) is 35.3. The molecule has 0 aromatic heterocycles. The van der Waals surface area contributed by atoms with Gasteiger partial charge in [-0.25, -0.2) is 0 Å². The zero-order valence-corrected chi connectivity index (χ0v) is 17.5. The number of carbonyl (C=O) groups is 2. The molecule has 0 rings (SSSR count). The first-order valence-corrected chi connectivity index (χ1v) is 4.90. The van der Waals surface area contributed by atoms with Gasteiger partial charge in [-0.2, -0.15) is 0 Å². The quantitative estimate of drug-likeness (QED) is 0.337. The number of rotatable bonds is 5. The second-order valence-corrected chi connectivity index (χ2v) is 2.35. The van der Waals surface area contributed by atoms with Crippen LogP contribution < -0.4 is 27.2 Å². The van der Waals surface area contributed by atoms with Crippen molar-refractivity contribution in [3.8, 4) is 0 Å². The Morgan fingerprint density at radius 2 is 1.21 bits per heavy atom. The maximum absolute atomic E-state index is 10.9. The monoisotopic (exact) mass is 400 g/mol. The summed E-state index contributed by atoms with van der Waals surface area (Å²) in [6.07, 6.45) is -4.51. The van der Waals surface area contributed by atoms with Crippen molar-refractivity contribution in [2.75, 3.05) is 13.2 Å². The molecule has 0 amide bonds. The van der Waals surface area contributed by atoms with Crippen molar-refractivity contribution < 1.29 is 65.7 Å². The van der Waals surface area contributed by atoms with Crippen LogP contribution in [-0.2, 0) is 38.5 Å². The fraction of sp³-hybridized carbons (Fsp3) is 0.700. The third-order valence-corrected chi connectivity index (χ3v) is 1.31. The first kappa shape index (κ1) is 31.9. The molecule has 0 aliphatic heterocycles. The molecule has 0 aliphatic rings. The molecule has 9 heteroatoms. The summed E-state index contributed by atoms with van der Waals surface area (Å²) in [5.74, 6) is -2.44. The Morgan fingerprint density at radius 1 is 1.00 bits per heavy atom. The van der Waals surface area contributed by atoms with Crippen LogP contribution in [0.1, 0.15) is 20.8 Å². The Hall–Kier alpha value is 0.730. The van der Waals surface area contributed by atoms with Crippen LogP contribution in [0.2, 0.25) is 0 Å². The number of halogens is 1. The van der Waals surface area contributed by atoms with Crippen LogP contribution in [0.25, 0.3) is 0 Å². The smallest absolute Gasteiger partial charge is 1.00 e. The number of esters is 2. The summed E-state index contributed by atoms with van der Waals surface area (Å²) < 4.78 is 8.59. The second kappa shape index (κ2) is 21.0. The minimum Gasteiger partial charge on any atom is -1.00 e. The van der Waals surface area contributed by atoms with E-state index in [0.29, 0.717) is 0 Å². The first-order chi connectivity index (χ1) is 7.54. The summed E-state index contributed by atoms with van der Waals surface area (Å²) >= 11 is 0. The molecular formula is C10H17BrMgO6Zn-. The molecule has 0 saturated heterocycles. The molecule has 0 aromatic carbocycles. The molecule has 0 heterocycles. The van der Waals surface area contributed by atoms with Gasteiger partial charge >= 0.3 is 23.1 Å². The molecule has 0 N–H and O–H groups in total. The largest absolute Gasteiger partial charge is 2.00 e. The molecule has 0 aromatic rings. The van der Waals surface area contributed by atoms with E-state index in [0.717, 1.165) is 0 Å². The summed E-state index contributed by atoms with van der Waals surface area (Å²) in [6, 6.07) is 0. The minimum absolute atomic E-state index is 0. The summed E-state index contributed by atoms with van der Waals surface area (Å²) in [6.45, 7) is 7.98. The molecule has 0 fully saturated rings. The molecule has 1 radical (unpaired) electrons. The van der Waals surface area contributed by atoms with Crippen molar-refractivity contribution in [3.05, 3.63) is 6.92 Å². The SMILES string of the molecule is CCOC(=O)[C@H]([O-])[C@@H]([O-])C(=O)OCC.[Br-].[CH2]C.[Mg+2].[Zn]. The standard InChI is InChI=1S/C8H12O6.C2H5.BrH.Mg.Zn/c1-3-13-7(11)5(9)6(10)8(12)14-4-2;1-2;;;/h5-6H,3-4H2,1-2H3;1H2,2H3;1H;;/q-2;;;+2;/p-1/t5-,6-;;;;/m1..../s1. The van der Waals surface area contributed by atoms with E-state index < -0.39 is 24.1 Å². The van der Waals surface area contributed by atoms with Gasteiger partial charge in [-0.3, -0.25) is 9.59 Å². The van der Waals surface area contributed by atoms with E-state index in [2.05, 4.69) is 16.4 Å². The topological polar surface area (TPSA) is 98.7 Å². The molecular weight excluding hydrogens is 386 g/mol. The summed E-state index contributed by atoms with van der Waals surface area (Å²) in [5, 5.41) is 21.9. The molecule has 105 valence electrons. The second-order valence-electron chi connectivity index (χ2n) is 2.35. The number of hydrogen-bond acceptors (Lipinski definition) is 6. The van der Waals surface area contributed by atoms with Gasteiger partial charge in [-0.05, 0) is 26.1 Å². The van der Waals surface area contributed by atoms with Gasteiger partial charge in [0.15, 0.2) is 0 Å². The van der Waals surface area contributed by atoms with Crippen molar-refractivity contribution in [2.45, 2.75) is 33.0 Å². The molecule has 0 saturated carbocycles. The average molecular weight is 403 g/mol. The first-order valence-electron chi connectivity index (χ1n) is 4.90. The van der Waals surface area contributed by atoms with Crippen LogP contribution in [0.3, 0.4) is 0 Å². The Bertz CT molecular complexity index is 198. The van der Waals surface area contributed by atoms with Gasteiger partial charge in [-0.15, -0.1) is 0 Å². The van der Waals surface area contributed by atoms with Crippen LogP contribution >= 0.6 is 0 Å². The molecule has 0 bridgehead atoms. The van der Waals surface area contributed by atoms with Gasteiger partial charge in [0.05, 0.1) is 13.2 Å². The van der Waals surface area contributed by atoms with E-state index in [1.807, 2.05) is 0 Å². The molecule has 0 spiro atoms. The van der Waals surface area contributed by atoms with Crippen LogP contribution in [0, 0.1) is 6.92 Å². The molecule has 2 atom stereocenters. The Morgan fingerprint density at radius 3 is 1.37 bits per heavy atom. The fourth-order valence-electron chi connectivity index (χ4n) is 0.696. The summed E-state index contributed by atoms with van der Waals surface area (Å²) in [5.41, 5.74) is 0. The van der Waals surface area contributed by atoms with Crippen LogP contribution in [-0.4, -0.2) is 60.4 Å². The minimum atomic E-state index is -2.26. The van der Waals surface area contributed by atoms with Gasteiger partial charge < -0.3 is 36.7 Å². The number of hydrogen-bond donors (Lipinski definition) is 0. The van der Waals surface area contributed by atoms with Crippen LogP contribution in [0.5, 0.6) is 0 Å². The average Bonchev–Trinajstić information content (AvgIpc) is 2.30. The van der Waals surface area contributed by atoms with Gasteiger partial charge in [-0.1, -0.05) is 13.8 Å². The Labute approximate surface area is 153 Å². The fourth-order valence-corrected chi connectivity index (χ4v) is 0.696. The van der Waals surface area contributed by atoms with Crippen molar-refractivity contribution in [3.63, 3.8) is 0 Å². The van der Waals surface area contributed by atoms with Gasteiger partial charge in [0.2, 0.25) is 0 Å². The van der Waals surface area contributed by atoms with Crippen molar-refractivity contribution in [1.29, 1.82) is 0 Å². The van der Waals surface area contributed by atoms with E-state index >= 15 is 0 Å². The van der Waals surface area contributed by atoms with Gasteiger partial charge in [0.1, 0.15) is 0 Å². The van der Waals surface area contributed by atoms with Gasteiger partial charge in [0, 0.05) is 19.5 Å². The van der Waals surface area contributed by atoms with Crippen molar-refractivity contribution in [1.82, 2.24) is 0 Å². The maximum atomic E-state index is 10.9. The molecule has 0 unspecified atom stereocenters. The van der Waals surface area contributed by atoms with Gasteiger partial charge in [0.25, 0.3) is 11.9 Å². The predicted molar refractivity (Wildman–Crippen MR) is 57.6 cm³/mol. The van der Waals surface area contributed by atoms with Crippen LogP contribution in [0.15, 0.2) is 0 Å². The van der Waals surface area contributed by atoms with Crippen LogP contribution in [0.4, 0.5) is 0 Å². The molecule has 19 heavy (non-hydrogen) atoms. The summed E-state index contributed by atoms with van der Waals surface area (Å²) in [4.78, 5) is 21.5. The van der Waals surface area contributed by atoms with E-state index in [1.165, 1.54) is 13.8 Å². The van der Waals surface area contributed by atoms with Crippen molar-refractivity contribution in [2.24, 2.45) is 0 Å². The molecule has 6 nitrogen and oxygen atoms in total. The maximum Gasteiger partial charge on any atom is 2.00 e.